The normalized spacial score (nSPS) is 11.2. The number of carbonyl (C=O) groups is 1. The summed E-state index contributed by atoms with van der Waals surface area (Å²) >= 11 is 0. The van der Waals surface area contributed by atoms with E-state index in [1.165, 1.54) is 6.07 Å². The number of methoxy groups -OCH3 is 1. The molecule has 5 N–H and O–H groups in total. The highest BCUT2D eigenvalue weighted by Crippen LogP contribution is 2.28. The van der Waals surface area contributed by atoms with Crippen LogP contribution in [0.4, 0.5) is 10.5 Å². The van der Waals surface area contributed by atoms with E-state index in [2.05, 4.69) is 15.4 Å². The van der Waals surface area contributed by atoms with Crippen LogP contribution >= 0.6 is 0 Å². The fraction of sp³-hybridized carbons (Fsp3) is 0.333. The van der Waals surface area contributed by atoms with Gasteiger partial charge in [-0.05, 0) is 29.8 Å². The van der Waals surface area contributed by atoms with E-state index in [9.17, 15) is 18.5 Å². The predicted molar refractivity (Wildman–Crippen MR) is 120 cm³/mol. The maximum absolute atomic E-state index is 12.1. The summed E-state index contributed by atoms with van der Waals surface area (Å²) in [5.74, 6) is 0.948. The molecule has 0 aromatic heterocycles. The average Bonchev–Trinajstić information content (AvgIpc) is 2.74. The third kappa shape index (κ3) is 7.98. The number of urea groups is 1. The molecule has 32 heavy (non-hydrogen) atoms. The Morgan fingerprint density at radius 1 is 1.16 bits per heavy atom. The van der Waals surface area contributed by atoms with Gasteiger partial charge in [-0.2, -0.15) is 13.7 Å². The van der Waals surface area contributed by atoms with Crippen molar-refractivity contribution in [2.45, 2.75) is 20.4 Å². The maximum atomic E-state index is 12.1. The van der Waals surface area contributed by atoms with Gasteiger partial charge in [-0.1, -0.05) is 32.0 Å². The fourth-order valence-electron chi connectivity index (χ4n) is 2.64. The number of ether oxygens (including phenoxy) is 2. The zero-order chi connectivity index (χ0) is 23.8. The van der Waals surface area contributed by atoms with Gasteiger partial charge in [0.15, 0.2) is 0 Å². The van der Waals surface area contributed by atoms with Crippen molar-refractivity contribution in [3.05, 3.63) is 53.6 Å². The van der Waals surface area contributed by atoms with Crippen molar-refractivity contribution < 1.29 is 22.7 Å². The van der Waals surface area contributed by atoms with Crippen LogP contribution in [0.5, 0.6) is 11.5 Å². The Labute approximate surface area is 187 Å². The molecule has 0 radical (unpaired) electrons. The van der Waals surface area contributed by atoms with E-state index >= 15 is 0 Å². The SMILES string of the molecule is COc1ccc(CNC(=O)NCC(C)(C)COc2cccc(NS(N)(=O)=O)c2C#N)cc1. The lowest BCUT2D eigenvalue weighted by atomic mass is 9.95. The van der Waals surface area contributed by atoms with Crippen molar-refractivity contribution in [2.24, 2.45) is 10.6 Å². The van der Waals surface area contributed by atoms with E-state index < -0.39 is 15.6 Å². The fourth-order valence-corrected chi connectivity index (χ4v) is 3.11. The molecule has 0 aliphatic heterocycles. The summed E-state index contributed by atoms with van der Waals surface area (Å²) in [5, 5.41) is 20.0. The van der Waals surface area contributed by atoms with Crippen molar-refractivity contribution in [3.8, 4) is 17.6 Å². The van der Waals surface area contributed by atoms with E-state index in [4.69, 9.17) is 14.6 Å². The smallest absolute Gasteiger partial charge is 0.315 e. The second kappa shape index (κ2) is 10.7. The first-order valence-corrected chi connectivity index (χ1v) is 11.2. The van der Waals surface area contributed by atoms with E-state index in [-0.39, 0.29) is 29.6 Å². The summed E-state index contributed by atoms with van der Waals surface area (Å²) in [5.41, 5.74) is 0.498. The zero-order valence-electron chi connectivity index (χ0n) is 18.1. The zero-order valence-corrected chi connectivity index (χ0v) is 19.0. The molecule has 2 rings (SSSR count). The van der Waals surface area contributed by atoms with Crippen LogP contribution in [-0.4, -0.2) is 34.7 Å². The lowest BCUT2D eigenvalue weighted by Gasteiger charge is -2.25. The number of hydrogen-bond acceptors (Lipinski definition) is 6. The number of amides is 2. The number of hydrogen-bond donors (Lipinski definition) is 4. The number of carbonyl (C=O) groups excluding carboxylic acids is 1. The summed E-state index contributed by atoms with van der Waals surface area (Å²) in [4.78, 5) is 12.1. The molecule has 10 nitrogen and oxygen atoms in total. The third-order valence-corrected chi connectivity index (χ3v) is 4.85. The number of anilines is 1. The molecule has 0 saturated carbocycles. The van der Waals surface area contributed by atoms with Gasteiger partial charge >= 0.3 is 6.03 Å². The van der Waals surface area contributed by atoms with Gasteiger partial charge in [0.1, 0.15) is 23.1 Å². The first kappa shape index (κ1) is 24.8. The number of nitrogens with two attached hydrogens (primary N) is 1. The monoisotopic (exact) mass is 461 g/mol. The summed E-state index contributed by atoms with van der Waals surface area (Å²) < 4.78 is 35.5. The van der Waals surface area contributed by atoms with Crippen LogP contribution in [0.3, 0.4) is 0 Å². The minimum absolute atomic E-state index is 0.0162. The van der Waals surface area contributed by atoms with Crippen LogP contribution in [0.15, 0.2) is 42.5 Å². The minimum Gasteiger partial charge on any atom is -0.497 e. The molecule has 0 aliphatic rings. The molecule has 0 spiro atoms. The number of nitrogens with zero attached hydrogens (tertiary/aromatic N) is 1. The summed E-state index contributed by atoms with van der Waals surface area (Å²) in [6.07, 6.45) is 0. The molecule has 2 amide bonds. The molecular formula is C21H27N5O5S. The van der Waals surface area contributed by atoms with Crippen molar-refractivity contribution >= 4 is 21.9 Å². The van der Waals surface area contributed by atoms with Crippen molar-refractivity contribution in [1.29, 1.82) is 5.26 Å². The number of nitriles is 1. The number of nitrogens with one attached hydrogen (secondary N) is 3. The van der Waals surface area contributed by atoms with Crippen molar-refractivity contribution in [3.63, 3.8) is 0 Å². The molecule has 172 valence electrons. The van der Waals surface area contributed by atoms with E-state index in [0.717, 1.165) is 11.3 Å². The van der Waals surface area contributed by atoms with Gasteiger partial charge in [-0.15, -0.1) is 0 Å². The summed E-state index contributed by atoms with van der Waals surface area (Å²) in [6, 6.07) is 13.5. The van der Waals surface area contributed by atoms with Crippen LogP contribution in [0.1, 0.15) is 25.0 Å². The molecule has 0 fully saturated rings. The Hall–Kier alpha value is -3.49. The Morgan fingerprint density at radius 3 is 2.44 bits per heavy atom. The minimum atomic E-state index is -4.03. The highest BCUT2D eigenvalue weighted by molar-refractivity contribution is 7.90. The topological polar surface area (TPSA) is 156 Å². The predicted octanol–water partition coefficient (Wildman–Crippen LogP) is 2.09. The summed E-state index contributed by atoms with van der Waals surface area (Å²) in [7, 11) is -2.45. The molecule has 0 aliphatic carbocycles. The number of rotatable bonds is 10. The van der Waals surface area contributed by atoms with Crippen molar-refractivity contribution in [2.75, 3.05) is 25.0 Å². The van der Waals surface area contributed by atoms with Gasteiger partial charge in [0, 0.05) is 18.5 Å². The van der Waals surface area contributed by atoms with Gasteiger partial charge < -0.3 is 20.1 Å². The van der Waals surface area contributed by atoms with Gasteiger partial charge in [0.2, 0.25) is 0 Å². The van der Waals surface area contributed by atoms with Gasteiger partial charge in [0.05, 0.1) is 19.4 Å². The molecule has 2 aromatic carbocycles. The lowest BCUT2D eigenvalue weighted by Crippen LogP contribution is -2.42. The maximum Gasteiger partial charge on any atom is 0.315 e. The largest absolute Gasteiger partial charge is 0.497 e. The second-order valence-electron chi connectivity index (χ2n) is 7.77. The van der Waals surface area contributed by atoms with E-state index in [0.29, 0.717) is 13.1 Å². The summed E-state index contributed by atoms with van der Waals surface area (Å²) in [6.45, 7) is 4.60. The molecule has 0 bridgehead atoms. The average molecular weight is 462 g/mol. The number of benzene rings is 2. The molecule has 0 atom stereocenters. The van der Waals surface area contributed by atoms with Crippen LogP contribution in [0, 0.1) is 16.7 Å². The Morgan fingerprint density at radius 2 is 1.84 bits per heavy atom. The van der Waals surface area contributed by atoms with Crippen LogP contribution in [0.25, 0.3) is 0 Å². The van der Waals surface area contributed by atoms with Gasteiger partial charge in [-0.3, -0.25) is 4.72 Å². The van der Waals surface area contributed by atoms with E-state index in [1.807, 2.05) is 44.2 Å². The van der Waals surface area contributed by atoms with Gasteiger partial charge in [-0.25, -0.2) is 9.93 Å². The Balaban J connectivity index is 1.88. The third-order valence-electron chi connectivity index (χ3n) is 4.35. The Bertz CT molecular complexity index is 1080. The quantitative estimate of drug-likeness (QED) is 0.424. The molecule has 11 heteroatoms. The van der Waals surface area contributed by atoms with Crippen LogP contribution in [-0.2, 0) is 16.8 Å². The first-order chi connectivity index (χ1) is 15.0. The lowest BCUT2D eigenvalue weighted by molar-refractivity contribution is 0.174. The van der Waals surface area contributed by atoms with E-state index in [1.54, 1.807) is 19.2 Å². The van der Waals surface area contributed by atoms with Crippen molar-refractivity contribution in [1.82, 2.24) is 10.6 Å². The first-order valence-electron chi connectivity index (χ1n) is 9.64. The molecular weight excluding hydrogens is 434 g/mol. The second-order valence-corrected chi connectivity index (χ2v) is 9.07. The molecule has 0 heterocycles. The molecule has 2 aromatic rings. The Kier molecular flexibility index (Phi) is 8.28. The van der Waals surface area contributed by atoms with Crippen LogP contribution < -0.4 is 30.0 Å². The van der Waals surface area contributed by atoms with Crippen LogP contribution in [0.2, 0.25) is 0 Å². The highest BCUT2D eigenvalue weighted by Gasteiger charge is 2.22. The standard InChI is InChI=1S/C21H27N5O5S/c1-21(2,13-25-20(27)24-12-15-7-9-16(30-3)10-8-15)14-31-19-6-4-5-18(17(19)11-22)26-32(23,28)29/h4-10,26H,12-14H2,1-3H3,(H2,23,28,29)(H2,24,25,27). The van der Waals surface area contributed by atoms with Gasteiger partial charge in [0.25, 0.3) is 10.2 Å². The molecule has 0 unspecified atom stereocenters. The highest BCUT2D eigenvalue weighted by atomic mass is 32.2. The molecule has 0 saturated heterocycles.